The number of carbonyl (C=O) groups excluding carboxylic acids is 2. The van der Waals surface area contributed by atoms with Crippen molar-refractivity contribution in [3.63, 3.8) is 0 Å². The van der Waals surface area contributed by atoms with Gasteiger partial charge in [-0.1, -0.05) is 13.8 Å². The molecular weight excluding hydrogens is 529 g/mol. The number of carboxylic acid groups (broad SMARTS) is 1. The summed E-state index contributed by atoms with van der Waals surface area (Å²) in [6.45, 7) is 2.67. The molecule has 0 bridgehead atoms. The van der Waals surface area contributed by atoms with E-state index in [0.29, 0.717) is 0 Å². The maximum atomic E-state index is 12.9. The monoisotopic (exact) mass is 553 g/mol. The second-order valence-corrected chi connectivity index (χ2v) is 11.4. The molecule has 3 N–H and O–H groups in total. The SMILES string of the molecule is CC(C)C[C@H](NC(=O)[C@H]1O[C@@H]1C(=O)O)C(=O)N1CCN(C(P(=O)([O-])[O-])P(=O)([O-])O)CC1.[Na+].[Na+].[Na+]. The molecule has 0 aromatic carbocycles. The fourth-order valence-corrected chi connectivity index (χ4v) is 6.13. The number of epoxide rings is 1. The van der Waals surface area contributed by atoms with Crippen LogP contribution in [0.5, 0.6) is 0 Å². The molecule has 2 unspecified atom stereocenters. The average Bonchev–Trinajstić information content (AvgIpc) is 3.39. The summed E-state index contributed by atoms with van der Waals surface area (Å²) in [6, 6.07) is -1.01. The summed E-state index contributed by atoms with van der Waals surface area (Å²) in [6.07, 6.45) is -2.25. The van der Waals surface area contributed by atoms with Crippen molar-refractivity contribution < 1.29 is 142 Å². The number of piperazine rings is 1. The normalized spacial score (nSPS) is 23.8. The van der Waals surface area contributed by atoms with Crippen LogP contribution in [-0.2, 0) is 28.3 Å². The summed E-state index contributed by atoms with van der Waals surface area (Å²) in [5.74, 6) is -2.61. The Hall–Kier alpha value is 1.63. The Morgan fingerprint density at radius 1 is 1.03 bits per heavy atom. The molecule has 2 fully saturated rings. The Kier molecular flexibility index (Phi) is 17.0. The smallest absolute Gasteiger partial charge is 0.809 e. The zero-order valence-electron chi connectivity index (χ0n) is 19.8. The third-order valence-electron chi connectivity index (χ3n) is 4.84. The number of carboxylic acids is 1. The molecular formula is C15H24N3Na3O11P2. The molecule has 178 valence electrons. The summed E-state index contributed by atoms with van der Waals surface area (Å²) in [7, 11) is -11.2. The Bertz CT molecular complexity index is 795. The van der Waals surface area contributed by atoms with Crippen molar-refractivity contribution in [1.82, 2.24) is 15.1 Å². The molecule has 0 aromatic rings. The number of rotatable bonds is 9. The van der Waals surface area contributed by atoms with Gasteiger partial charge < -0.3 is 48.8 Å². The quantitative estimate of drug-likeness (QED) is 0.137. The van der Waals surface area contributed by atoms with E-state index < -0.39 is 56.7 Å². The third kappa shape index (κ3) is 10.8. The Morgan fingerprint density at radius 2 is 1.53 bits per heavy atom. The molecule has 0 aliphatic carbocycles. The van der Waals surface area contributed by atoms with E-state index in [1.807, 2.05) is 0 Å². The van der Waals surface area contributed by atoms with Gasteiger partial charge in [0.1, 0.15) is 11.6 Å². The van der Waals surface area contributed by atoms with Gasteiger partial charge in [0.2, 0.25) is 5.91 Å². The van der Waals surface area contributed by atoms with Crippen LogP contribution < -0.4 is 109 Å². The topological polar surface area (TPSA) is 226 Å². The third-order valence-corrected chi connectivity index (χ3v) is 8.37. The van der Waals surface area contributed by atoms with Crippen LogP contribution >= 0.6 is 15.2 Å². The number of nitrogens with one attached hydrogen (secondary N) is 1. The van der Waals surface area contributed by atoms with Crippen LogP contribution in [0.25, 0.3) is 0 Å². The Balaban J connectivity index is 0. The molecule has 0 aromatic heterocycles. The number of carbonyl (C=O) groups is 3. The van der Waals surface area contributed by atoms with Gasteiger partial charge >= 0.3 is 94.6 Å². The van der Waals surface area contributed by atoms with Gasteiger partial charge in [0.05, 0.1) is 0 Å². The van der Waals surface area contributed by atoms with Gasteiger partial charge in [0.15, 0.2) is 19.8 Å². The molecule has 2 heterocycles. The number of hydrogen-bond donors (Lipinski definition) is 3. The molecule has 5 atom stereocenters. The maximum Gasteiger partial charge on any atom is 1.00 e. The minimum absolute atomic E-state index is 0. The van der Waals surface area contributed by atoms with E-state index >= 15 is 0 Å². The molecule has 2 saturated heterocycles. The molecule has 2 amide bonds. The fourth-order valence-electron chi connectivity index (χ4n) is 3.43. The van der Waals surface area contributed by atoms with Crippen LogP contribution in [-0.4, -0.2) is 87.5 Å². The number of amides is 2. The fraction of sp³-hybridized carbons (Fsp3) is 0.800. The van der Waals surface area contributed by atoms with E-state index in [9.17, 15) is 38.2 Å². The second kappa shape index (κ2) is 15.3. The van der Waals surface area contributed by atoms with Gasteiger partial charge in [-0.15, -0.1) is 0 Å². The number of hydrogen-bond acceptors (Lipinski definition) is 10. The number of aliphatic carboxylic acids is 1. The zero-order valence-corrected chi connectivity index (χ0v) is 27.6. The van der Waals surface area contributed by atoms with Gasteiger partial charge in [0, 0.05) is 26.2 Å². The van der Waals surface area contributed by atoms with Crippen LogP contribution in [0.15, 0.2) is 0 Å². The largest absolute Gasteiger partial charge is 1.00 e. The van der Waals surface area contributed by atoms with Crippen molar-refractivity contribution in [1.29, 1.82) is 0 Å². The Labute approximate surface area is 263 Å². The van der Waals surface area contributed by atoms with E-state index in [4.69, 9.17) is 14.7 Å². The van der Waals surface area contributed by atoms with Crippen molar-refractivity contribution in [3.05, 3.63) is 0 Å². The van der Waals surface area contributed by atoms with Gasteiger partial charge in [0.25, 0.3) is 5.91 Å². The van der Waals surface area contributed by atoms with Gasteiger partial charge in [-0.05, 0) is 19.9 Å². The molecule has 2 aliphatic heterocycles. The molecule has 2 rings (SSSR count). The Morgan fingerprint density at radius 3 is 1.88 bits per heavy atom. The summed E-state index contributed by atoms with van der Waals surface area (Å²) in [4.78, 5) is 81.1. The van der Waals surface area contributed by atoms with Crippen LogP contribution in [0, 0.1) is 5.92 Å². The predicted octanol–water partition coefficient (Wildman–Crippen LogP) is -12.7. The molecule has 2 aliphatic rings. The molecule has 0 saturated carbocycles. The van der Waals surface area contributed by atoms with Crippen LogP contribution in [0.3, 0.4) is 0 Å². The zero-order chi connectivity index (χ0) is 23.7. The molecule has 14 nitrogen and oxygen atoms in total. The predicted molar refractivity (Wildman–Crippen MR) is 97.1 cm³/mol. The second-order valence-electron chi connectivity index (χ2n) is 7.82. The van der Waals surface area contributed by atoms with E-state index in [1.54, 1.807) is 13.8 Å². The van der Waals surface area contributed by atoms with Crippen molar-refractivity contribution in [2.24, 2.45) is 5.92 Å². The van der Waals surface area contributed by atoms with Crippen molar-refractivity contribution in [3.8, 4) is 0 Å². The van der Waals surface area contributed by atoms with Crippen molar-refractivity contribution in [2.75, 3.05) is 26.2 Å². The van der Waals surface area contributed by atoms with Gasteiger partial charge in [-0.2, -0.15) is 0 Å². The minimum atomic E-state index is -5.71. The van der Waals surface area contributed by atoms with E-state index in [1.165, 1.54) is 4.90 Å². The van der Waals surface area contributed by atoms with Gasteiger partial charge in [-0.25, -0.2) is 4.79 Å². The van der Waals surface area contributed by atoms with Crippen LogP contribution in [0.4, 0.5) is 0 Å². The molecule has 0 spiro atoms. The first-order valence-electron chi connectivity index (χ1n) is 9.39. The number of ether oxygens (including phenoxy) is 1. The van der Waals surface area contributed by atoms with Crippen LogP contribution in [0.2, 0.25) is 0 Å². The molecule has 34 heavy (non-hydrogen) atoms. The number of nitrogens with zero attached hydrogens (tertiary/aromatic N) is 2. The molecule has 19 heteroatoms. The van der Waals surface area contributed by atoms with E-state index in [2.05, 4.69) is 5.32 Å². The van der Waals surface area contributed by atoms with Crippen molar-refractivity contribution >= 4 is 33.0 Å². The molecule has 0 radical (unpaired) electrons. The summed E-state index contributed by atoms with van der Waals surface area (Å²) in [5.41, 5.74) is -2.62. The standard InChI is InChI=1S/C15H27N3O11P2.3Na/c1-8(2)7-9(16-12(19)10-11(29-10)14(21)22)13(20)17-3-5-18(6-4-17)15(30(23,24)25)31(26,27)28;;;/h8-11,15H,3-7H2,1-2H3,(H,16,19)(H,21,22)(H2,23,24,25)(H2,26,27,28);;;/q;3*+1/p-3/t9-,10-,11-;;;/m0.../s1. The summed E-state index contributed by atoms with van der Waals surface area (Å²) in [5, 5.41) is 11.3. The first-order chi connectivity index (χ1) is 14.1. The first-order valence-corrected chi connectivity index (χ1v) is 12.7. The first kappa shape index (κ1) is 37.8. The van der Waals surface area contributed by atoms with E-state index in [-0.39, 0.29) is 127 Å². The average molecular weight is 553 g/mol. The van der Waals surface area contributed by atoms with Gasteiger partial charge in [-0.3, -0.25) is 14.5 Å². The summed E-state index contributed by atoms with van der Waals surface area (Å²) >= 11 is 0. The van der Waals surface area contributed by atoms with Crippen LogP contribution in [0.1, 0.15) is 20.3 Å². The van der Waals surface area contributed by atoms with E-state index in [0.717, 1.165) is 4.90 Å². The maximum absolute atomic E-state index is 12.9. The minimum Gasteiger partial charge on any atom is -0.809 e. The summed E-state index contributed by atoms with van der Waals surface area (Å²) < 4.78 is 27.4. The van der Waals surface area contributed by atoms with Crippen molar-refractivity contribution in [2.45, 2.75) is 44.0 Å².